The van der Waals surface area contributed by atoms with E-state index >= 15 is 0 Å². The van der Waals surface area contributed by atoms with E-state index in [1.807, 2.05) is 30.3 Å². The van der Waals surface area contributed by atoms with Crippen LogP contribution < -0.4 is 10.1 Å². The molecule has 124 valence electrons. The number of ether oxygens (including phenoxy) is 1. The van der Waals surface area contributed by atoms with Gasteiger partial charge in [-0.25, -0.2) is 0 Å². The lowest BCUT2D eigenvalue weighted by molar-refractivity contribution is -0.384. The Labute approximate surface area is 138 Å². The van der Waals surface area contributed by atoms with E-state index in [1.165, 1.54) is 12.1 Å². The monoisotopic (exact) mass is 328 g/mol. The Bertz CT molecular complexity index is 731. The summed E-state index contributed by atoms with van der Waals surface area (Å²) in [5.74, 6) is -0.199. The molecule has 0 spiro atoms. The smallest absolute Gasteiger partial charge is 0.270 e. The van der Waals surface area contributed by atoms with E-state index in [-0.39, 0.29) is 29.5 Å². The Balaban J connectivity index is 1.83. The van der Waals surface area contributed by atoms with Crippen LogP contribution in [-0.4, -0.2) is 30.3 Å². The summed E-state index contributed by atoms with van der Waals surface area (Å²) < 4.78 is 5.26. The first-order valence-corrected chi connectivity index (χ1v) is 7.27. The summed E-state index contributed by atoms with van der Waals surface area (Å²) in [6, 6.07) is 13.3. The van der Waals surface area contributed by atoms with Crippen LogP contribution in [-0.2, 0) is 11.2 Å². The molecule has 0 aliphatic carbocycles. The minimum atomic E-state index is -0.604. The van der Waals surface area contributed by atoms with Crippen molar-refractivity contribution in [3.63, 3.8) is 0 Å². The molecule has 0 saturated carbocycles. The van der Waals surface area contributed by atoms with Crippen molar-refractivity contribution in [1.29, 1.82) is 0 Å². The van der Waals surface area contributed by atoms with E-state index in [0.717, 1.165) is 11.6 Å². The van der Waals surface area contributed by atoms with Crippen molar-refractivity contribution in [2.75, 3.05) is 13.2 Å². The number of nitrogens with one attached hydrogen (secondary N) is 1. The molecule has 24 heavy (non-hydrogen) atoms. The molecule has 0 aromatic heterocycles. The standard InChI is InChI=1S/C17H16N2O5/c20-11-14-10-15(19(22)23)6-7-16(14)24-12-17(21)18-9-8-13-4-2-1-3-5-13/h1-7,10-11H,8-9,12H2,(H,18,21). The summed E-state index contributed by atoms with van der Waals surface area (Å²) >= 11 is 0. The molecule has 0 bridgehead atoms. The predicted molar refractivity (Wildman–Crippen MR) is 87.1 cm³/mol. The minimum absolute atomic E-state index is 0.0290. The largest absolute Gasteiger partial charge is 0.483 e. The fourth-order valence-electron chi connectivity index (χ4n) is 2.06. The van der Waals surface area contributed by atoms with Crippen LogP contribution in [0.4, 0.5) is 5.69 Å². The number of rotatable bonds is 8. The van der Waals surface area contributed by atoms with Crippen molar-refractivity contribution < 1.29 is 19.2 Å². The van der Waals surface area contributed by atoms with E-state index in [4.69, 9.17) is 4.74 Å². The number of hydrogen-bond acceptors (Lipinski definition) is 5. The van der Waals surface area contributed by atoms with Crippen molar-refractivity contribution in [2.24, 2.45) is 0 Å². The lowest BCUT2D eigenvalue weighted by Gasteiger charge is -2.09. The Hall–Kier alpha value is -3.22. The second-order valence-electron chi connectivity index (χ2n) is 4.97. The lowest BCUT2D eigenvalue weighted by Crippen LogP contribution is -2.30. The summed E-state index contributed by atoms with van der Waals surface area (Å²) in [5.41, 5.74) is 0.926. The predicted octanol–water partition coefficient (Wildman–Crippen LogP) is 2.14. The van der Waals surface area contributed by atoms with Gasteiger partial charge in [0.05, 0.1) is 10.5 Å². The molecule has 1 N–H and O–H groups in total. The first kappa shape index (κ1) is 17.1. The second kappa shape index (κ2) is 8.42. The average molecular weight is 328 g/mol. The number of nitro benzene ring substituents is 1. The van der Waals surface area contributed by atoms with Gasteiger partial charge in [0.1, 0.15) is 5.75 Å². The SMILES string of the molecule is O=Cc1cc([N+](=O)[O-])ccc1OCC(=O)NCCc1ccccc1. The molecule has 0 aliphatic heterocycles. The lowest BCUT2D eigenvalue weighted by atomic mass is 10.1. The molecule has 2 aromatic carbocycles. The Kier molecular flexibility index (Phi) is 6.01. The highest BCUT2D eigenvalue weighted by Gasteiger charge is 2.12. The molecule has 0 radical (unpaired) electrons. The van der Waals surface area contributed by atoms with E-state index in [1.54, 1.807) is 0 Å². The van der Waals surface area contributed by atoms with Gasteiger partial charge in [0.25, 0.3) is 11.6 Å². The van der Waals surface area contributed by atoms with Gasteiger partial charge in [-0.1, -0.05) is 30.3 Å². The molecule has 2 aromatic rings. The summed E-state index contributed by atoms with van der Waals surface area (Å²) in [6.45, 7) is 0.195. The molecule has 0 heterocycles. The molecule has 0 aliphatic rings. The molecule has 0 unspecified atom stereocenters. The third-order valence-corrected chi connectivity index (χ3v) is 3.27. The van der Waals surface area contributed by atoms with Crippen molar-refractivity contribution >= 4 is 17.9 Å². The Morgan fingerprint density at radius 3 is 2.62 bits per heavy atom. The first-order valence-electron chi connectivity index (χ1n) is 7.27. The maximum absolute atomic E-state index is 11.7. The van der Waals surface area contributed by atoms with E-state index in [0.29, 0.717) is 19.3 Å². The van der Waals surface area contributed by atoms with Crippen LogP contribution in [0.25, 0.3) is 0 Å². The summed E-state index contributed by atoms with van der Waals surface area (Å²) in [6.07, 6.45) is 1.15. The summed E-state index contributed by atoms with van der Waals surface area (Å²) in [7, 11) is 0. The molecular weight excluding hydrogens is 312 g/mol. The number of nitro groups is 1. The number of amides is 1. The van der Waals surface area contributed by atoms with Crippen LogP contribution in [0.1, 0.15) is 15.9 Å². The maximum Gasteiger partial charge on any atom is 0.270 e. The summed E-state index contributed by atoms with van der Waals surface area (Å²) in [4.78, 5) is 32.8. The zero-order chi connectivity index (χ0) is 17.4. The maximum atomic E-state index is 11.7. The fraction of sp³-hybridized carbons (Fsp3) is 0.176. The Morgan fingerprint density at radius 2 is 1.96 bits per heavy atom. The number of carbonyl (C=O) groups is 2. The number of non-ortho nitro benzene ring substituents is 1. The molecule has 2 rings (SSSR count). The number of carbonyl (C=O) groups excluding carboxylic acids is 2. The third-order valence-electron chi connectivity index (χ3n) is 3.27. The van der Waals surface area contributed by atoms with Crippen LogP contribution in [0, 0.1) is 10.1 Å². The average Bonchev–Trinajstić information content (AvgIpc) is 2.60. The fourth-order valence-corrected chi connectivity index (χ4v) is 2.06. The highest BCUT2D eigenvalue weighted by Crippen LogP contribution is 2.22. The molecule has 0 fully saturated rings. The first-order chi connectivity index (χ1) is 11.6. The van der Waals surface area contributed by atoms with E-state index in [2.05, 4.69) is 5.32 Å². The quantitative estimate of drug-likeness (QED) is 0.455. The van der Waals surface area contributed by atoms with Crippen LogP contribution in [0.5, 0.6) is 5.75 Å². The molecule has 1 amide bonds. The van der Waals surface area contributed by atoms with Gasteiger partial charge in [0.2, 0.25) is 0 Å². The van der Waals surface area contributed by atoms with Crippen molar-refractivity contribution in [3.05, 3.63) is 69.8 Å². The minimum Gasteiger partial charge on any atom is -0.483 e. The van der Waals surface area contributed by atoms with Crippen molar-refractivity contribution in [3.8, 4) is 5.75 Å². The number of nitrogens with zero attached hydrogens (tertiary/aromatic N) is 1. The molecular formula is C17H16N2O5. The number of hydrogen-bond donors (Lipinski definition) is 1. The highest BCUT2D eigenvalue weighted by molar-refractivity contribution is 5.81. The highest BCUT2D eigenvalue weighted by atomic mass is 16.6. The van der Waals surface area contributed by atoms with Crippen LogP contribution in [0.15, 0.2) is 48.5 Å². The zero-order valence-electron chi connectivity index (χ0n) is 12.8. The third kappa shape index (κ3) is 4.91. The number of benzene rings is 2. The van der Waals surface area contributed by atoms with Gasteiger partial charge in [-0.15, -0.1) is 0 Å². The molecule has 7 nitrogen and oxygen atoms in total. The Morgan fingerprint density at radius 1 is 1.21 bits per heavy atom. The van der Waals surface area contributed by atoms with Gasteiger partial charge < -0.3 is 10.1 Å². The van der Waals surface area contributed by atoms with Crippen LogP contribution in [0.3, 0.4) is 0 Å². The van der Waals surface area contributed by atoms with E-state index in [9.17, 15) is 19.7 Å². The van der Waals surface area contributed by atoms with Crippen LogP contribution >= 0.6 is 0 Å². The van der Waals surface area contributed by atoms with Gasteiger partial charge in [-0.05, 0) is 18.1 Å². The van der Waals surface area contributed by atoms with E-state index < -0.39 is 4.92 Å². The second-order valence-corrected chi connectivity index (χ2v) is 4.97. The topological polar surface area (TPSA) is 98.5 Å². The van der Waals surface area contributed by atoms with Gasteiger partial charge in [0.15, 0.2) is 12.9 Å². The molecule has 0 atom stereocenters. The zero-order valence-corrected chi connectivity index (χ0v) is 12.8. The molecule has 0 saturated heterocycles. The van der Waals surface area contributed by atoms with Crippen molar-refractivity contribution in [1.82, 2.24) is 5.32 Å². The van der Waals surface area contributed by atoms with Gasteiger partial charge >= 0.3 is 0 Å². The van der Waals surface area contributed by atoms with Gasteiger partial charge in [-0.2, -0.15) is 0 Å². The normalized spacial score (nSPS) is 10.0. The van der Waals surface area contributed by atoms with Gasteiger partial charge in [0, 0.05) is 18.7 Å². The van der Waals surface area contributed by atoms with Crippen LogP contribution in [0.2, 0.25) is 0 Å². The van der Waals surface area contributed by atoms with Gasteiger partial charge in [-0.3, -0.25) is 19.7 Å². The summed E-state index contributed by atoms with van der Waals surface area (Å²) in [5, 5.41) is 13.4. The van der Waals surface area contributed by atoms with Crippen molar-refractivity contribution in [2.45, 2.75) is 6.42 Å². The molecule has 7 heteroatoms. The number of aldehydes is 1.